The number of carbonyl (C=O) groups is 1. The molecule has 1 aromatic heterocycles. The lowest BCUT2D eigenvalue weighted by atomic mass is 9.93. The summed E-state index contributed by atoms with van der Waals surface area (Å²) in [5, 5.41) is 9.72. The molecule has 0 bridgehead atoms. The molecule has 1 aliphatic rings. The summed E-state index contributed by atoms with van der Waals surface area (Å²) in [6, 6.07) is 5.84. The van der Waals surface area contributed by atoms with Crippen LogP contribution in [0.1, 0.15) is 38.2 Å². The quantitative estimate of drug-likeness (QED) is 0.780. The fraction of sp³-hybridized carbons (Fsp3) is 0.556. The predicted molar refractivity (Wildman–Crippen MR) is 92.8 cm³/mol. The first-order valence-electron chi connectivity index (χ1n) is 8.69. The minimum atomic E-state index is -0.351. The van der Waals surface area contributed by atoms with Gasteiger partial charge >= 0.3 is 5.69 Å². The van der Waals surface area contributed by atoms with Gasteiger partial charge in [0.1, 0.15) is 0 Å². The molecule has 0 radical (unpaired) electrons. The van der Waals surface area contributed by atoms with Gasteiger partial charge in [-0.25, -0.2) is 4.79 Å². The number of fused-ring (bicyclic) bond motifs is 1. The van der Waals surface area contributed by atoms with Crippen molar-refractivity contribution in [2.75, 3.05) is 13.1 Å². The zero-order valence-corrected chi connectivity index (χ0v) is 14.0. The molecule has 2 atom stereocenters. The van der Waals surface area contributed by atoms with E-state index < -0.39 is 0 Å². The Hall–Kier alpha value is -2.08. The van der Waals surface area contributed by atoms with Crippen molar-refractivity contribution in [3.05, 3.63) is 34.2 Å². The highest BCUT2D eigenvalue weighted by atomic mass is 16.3. The van der Waals surface area contributed by atoms with Crippen LogP contribution in [-0.4, -0.2) is 45.1 Å². The Kier molecular flexibility index (Phi) is 5.04. The Bertz CT molecular complexity index is 762. The maximum absolute atomic E-state index is 12.4. The summed E-state index contributed by atoms with van der Waals surface area (Å²) in [5.41, 5.74) is 2.53. The molecule has 1 fully saturated rings. The van der Waals surface area contributed by atoms with Crippen LogP contribution in [0.5, 0.6) is 0 Å². The van der Waals surface area contributed by atoms with E-state index >= 15 is 0 Å². The maximum atomic E-state index is 12.4. The van der Waals surface area contributed by atoms with E-state index in [9.17, 15) is 14.7 Å². The number of imidazole rings is 1. The van der Waals surface area contributed by atoms with Crippen molar-refractivity contribution < 1.29 is 9.90 Å². The molecule has 2 aromatic rings. The van der Waals surface area contributed by atoms with Crippen LogP contribution in [0.15, 0.2) is 23.0 Å². The Morgan fingerprint density at radius 2 is 2.17 bits per heavy atom. The molecule has 0 spiro atoms. The first-order valence-corrected chi connectivity index (χ1v) is 8.69. The second-order valence-electron chi connectivity index (χ2n) is 6.80. The van der Waals surface area contributed by atoms with Gasteiger partial charge in [0.2, 0.25) is 5.91 Å². The van der Waals surface area contributed by atoms with E-state index in [1.807, 2.05) is 23.1 Å². The highest BCUT2D eigenvalue weighted by Crippen LogP contribution is 2.21. The third-order valence-corrected chi connectivity index (χ3v) is 4.93. The Balaban J connectivity index is 1.51. The lowest BCUT2D eigenvalue weighted by Gasteiger charge is -2.34. The van der Waals surface area contributed by atoms with Crippen molar-refractivity contribution in [3.63, 3.8) is 0 Å². The number of amides is 1. The summed E-state index contributed by atoms with van der Waals surface area (Å²) >= 11 is 0. The van der Waals surface area contributed by atoms with Gasteiger partial charge in [-0.3, -0.25) is 4.79 Å². The van der Waals surface area contributed by atoms with Crippen LogP contribution in [0, 0.1) is 5.92 Å². The minimum Gasteiger partial charge on any atom is -0.393 e. The summed E-state index contributed by atoms with van der Waals surface area (Å²) in [6.45, 7) is 3.28. The molecule has 1 saturated heterocycles. The predicted octanol–water partition coefficient (Wildman–Crippen LogP) is 1.80. The average molecular weight is 331 g/mol. The number of aliphatic hydroxyl groups is 1. The van der Waals surface area contributed by atoms with E-state index in [0.717, 1.165) is 48.8 Å². The normalized spacial score (nSPS) is 19.6. The number of rotatable bonds is 5. The number of benzene rings is 1. The van der Waals surface area contributed by atoms with Crippen molar-refractivity contribution in [1.29, 1.82) is 0 Å². The number of likely N-dealkylation sites (tertiary alicyclic amines) is 1. The molecule has 6 heteroatoms. The fourth-order valence-corrected chi connectivity index (χ4v) is 3.47. The molecule has 3 N–H and O–H groups in total. The number of aromatic nitrogens is 2. The molecule has 3 rings (SSSR count). The zero-order valence-electron chi connectivity index (χ0n) is 14.0. The first kappa shape index (κ1) is 16.8. The Morgan fingerprint density at radius 1 is 1.38 bits per heavy atom. The van der Waals surface area contributed by atoms with E-state index in [2.05, 4.69) is 9.97 Å². The monoisotopic (exact) mass is 331 g/mol. The average Bonchev–Trinajstić information content (AvgIpc) is 2.94. The molecular formula is C18H25N3O3. The van der Waals surface area contributed by atoms with Gasteiger partial charge in [0.25, 0.3) is 0 Å². The second kappa shape index (κ2) is 7.21. The number of hydrogen-bond donors (Lipinski definition) is 3. The van der Waals surface area contributed by atoms with Gasteiger partial charge in [-0.1, -0.05) is 6.07 Å². The molecular weight excluding hydrogens is 306 g/mol. The molecule has 1 amide bonds. The van der Waals surface area contributed by atoms with Gasteiger partial charge in [0.05, 0.1) is 17.1 Å². The van der Waals surface area contributed by atoms with E-state index in [4.69, 9.17) is 0 Å². The molecule has 130 valence electrons. The summed E-state index contributed by atoms with van der Waals surface area (Å²) in [7, 11) is 0. The number of aromatic amines is 2. The van der Waals surface area contributed by atoms with Crippen molar-refractivity contribution in [2.45, 2.75) is 45.1 Å². The molecule has 1 aliphatic heterocycles. The van der Waals surface area contributed by atoms with E-state index in [1.165, 1.54) is 0 Å². The van der Waals surface area contributed by atoms with Crippen molar-refractivity contribution >= 4 is 16.9 Å². The van der Waals surface area contributed by atoms with Crippen LogP contribution >= 0.6 is 0 Å². The molecule has 24 heavy (non-hydrogen) atoms. The van der Waals surface area contributed by atoms with E-state index in [0.29, 0.717) is 13.0 Å². The maximum Gasteiger partial charge on any atom is 0.323 e. The zero-order chi connectivity index (χ0) is 17.1. The number of piperidine rings is 1. The Labute approximate surface area is 140 Å². The number of carbonyl (C=O) groups excluding carboxylic acids is 1. The fourth-order valence-electron chi connectivity index (χ4n) is 3.47. The van der Waals surface area contributed by atoms with Gasteiger partial charge in [-0.15, -0.1) is 0 Å². The molecule has 0 aliphatic carbocycles. The molecule has 6 nitrogen and oxygen atoms in total. The highest BCUT2D eigenvalue weighted by Gasteiger charge is 2.25. The van der Waals surface area contributed by atoms with Gasteiger partial charge in [0, 0.05) is 25.4 Å². The van der Waals surface area contributed by atoms with Crippen molar-refractivity contribution in [2.24, 2.45) is 5.92 Å². The number of nitrogens with one attached hydrogen (secondary N) is 2. The summed E-state index contributed by atoms with van der Waals surface area (Å²) in [6.07, 6.45) is 3.73. The van der Waals surface area contributed by atoms with Crippen LogP contribution < -0.4 is 5.69 Å². The summed E-state index contributed by atoms with van der Waals surface area (Å²) < 4.78 is 0. The standard InChI is InChI=1S/C18H25N3O3/c1-12(22)14-5-3-9-21(11-14)17(23)6-2-4-13-7-8-15-16(10-13)20-18(24)19-15/h7-8,10,12,14,22H,2-6,9,11H2,1H3,(H2,19,20,24). The number of aliphatic hydroxyl groups excluding tert-OH is 1. The molecule has 1 aromatic carbocycles. The van der Waals surface area contributed by atoms with Gasteiger partial charge in [-0.2, -0.15) is 0 Å². The van der Waals surface area contributed by atoms with E-state index in [1.54, 1.807) is 6.92 Å². The van der Waals surface area contributed by atoms with Crippen LogP contribution in [0.25, 0.3) is 11.0 Å². The Morgan fingerprint density at radius 3 is 2.96 bits per heavy atom. The SMILES string of the molecule is CC(O)C1CCCN(C(=O)CCCc2ccc3[nH]c(=O)[nH]c3c2)C1. The van der Waals surface area contributed by atoms with Crippen molar-refractivity contribution in [1.82, 2.24) is 14.9 Å². The topological polar surface area (TPSA) is 89.2 Å². The highest BCUT2D eigenvalue weighted by molar-refractivity contribution is 5.76. The minimum absolute atomic E-state index is 0.177. The number of nitrogens with zero attached hydrogens (tertiary/aromatic N) is 1. The molecule has 2 heterocycles. The van der Waals surface area contributed by atoms with Gasteiger partial charge < -0.3 is 20.0 Å². The van der Waals surface area contributed by atoms with E-state index in [-0.39, 0.29) is 23.6 Å². The van der Waals surface area contributed by atoms with Crippen LogP contribution in [-0.2, 0) is 11.2 Å². The third kappa shape index (κ3) is 3.87. The number of aryl methyl sites for hydroxylation is 1. The molecule has 0 saturated carbocycles. The van der Waals surface area contributed by atoms with Crippen LogP contribution in [0.3, 0.4) is 0 Å². The largest absolute Gasteiger partial charge is 0.393 e. The number of H-pyrrole nitrogens is 2. The van der Waals surface area contributed by atoms with Crippen LogP contribution in [0.4, 0.5) is 0 Å². The second-order valence-corrected chi connectivity index (χ2v) is 6.80. The lowest BCUT2D eigenvalue weighted by molar-refractivity contribution is -0.133. The van der Waals surface area contributed by atoms with Gasteiger partial charge in [-0.05, 0) is 50.3 Å². The summed E-state index contributed by atoms with van der Waals surface area (Å²) in [4.78, 5) is 31.0. The smallest absolute Gasteiger partial charge is 0.323 e. The first-order chi connectivity index (χ1) is 11.5. The van der Waals surface area contributed by atoms with Crippen molar-refractivity contribution in [3.8, 4) is 0 Å². The van der Waals surface area contributed by atoms with Gasteiger partial charge in [0.15, 0.2) is 0 Å². The molecule has 2 unspecified atom stereocenters. The number of hydrogen-bond acceptors (Lipinski definition) is 3. The van der Waals surface area contributed by atoms with Crippen LogP contribution in [0.2, 0.25) is 0 Å². The third-order valence-electron chi connectivity index (χ3n) is 4.93. The lowest BCUT2D eigenvalue weighted by Crippen LogP contribution is -2.42. The summed E-state index contributed by atoms with van der Waals surface area (Å²) in [5.74, 6) is 0.381.